The molecule has 1 aromatic carbocycles. The first-order chi connectivity index (χ1) is 7.18. The van der Waals surface area contributed by atoms with E-state index in [1.54, 1.807) is 0 Å². The van der Waals surface area contributed by atoms with Gasteiger partial charge in [-0.2, -0.15) is 0 Å². The van der Waals surface area contributed by atoms with E-state index in [-0.39, 0.29) is 18.2 Å². The number of hydrogen-bond donors (Lipinski definition) is 1. The average molecular weight is 205 g/mol. The highest BCUT2D eigenvalue weighted by Crippen LogP contribution is 2.29. The number of alkyl carbamates (subject to hydrolysis) is 1. The summed E-state index contributed by atoms with van der Waals surface area (Å²) < 4.78 is 5.24. The molecule has 1 aliphatic rings. The lowest BCUT2D eigenvalue weighted by molar-refractivity contribution is 0.102. The maximum atomic E-state index is 11.2. The number of amides is 1. The second-order valence-corrected chi connectivity index (χ2v) is 4.15. The Morgan fingerprint density at radius 1 is 1.27 bits per heavy atom. The number of carbonyl (C=O) groups is 1. The Morgan fingerprint density at radius 2 is 1.93 bits per heavy atom. The predicted molar refractivity (Wildman–Crippen MR) is 57.4 cm³/mol. The van der Waals surface area contributed by atoms with E-state index in [0.29, 0.717) is 5.92 Å². The molecule has 15 heavy (non-hydrogen) atoms. The lowest BCUT2D eigenvalue weighted by Crippen LogP contribution is -2.26. The van der Waals surface area contributed by atoms with Crippen molar-refractivity contribution in [3.63, 3.8) is 0 Å². The van der Waals surface area contributed by atoms with Crippen molar-refractivity contribution in [2.45, 2.75) is 26.0 Å². The van der Waals surface area contributed by atoms with Crippen LogP contribution in [-0.2, 0) is 4.74 Å². The Balaban J connectivity index is 2.24. The topological polar surface area (TPSA) is 38.3 Å². The van der Waals surface area contributed by atoms with Crippen molar-refractivity contribution in [2.75, 3.05) is 0 Å². The summed E-state index contributed by atoms with van der Waals surface area (Å²) >= 11 is 0. The zero-order chi connectivity index (χ0) is 10.8. The fourth-order valence-electron chi connectivity index (χ4n) is 1.89. The van der Waals surface area contributed by atoms with E-state index in [1.165, 1.54) is 0 Å². The fourth-order valence-corrected chi connectivity index (χ4v) is 1.89. The van der Waals surface area contributed by atoms with E-state index in [0.717, 1.165) is 5.56 Å². The summed E-state index contributed by atoms with van der Waals surface area (Å²) in [7, 11) is 0. The monoisotopic (exact) mass is 205 g/mol. The molecule has 1 aliphatic heterocycles. The third kappa shape index (κ3) is 1.96. The van der Waals surface area contributed by atoms with Gasteiger partial charge < -0.3 is 10.1 Å². The summed E-state index contributed by atoms with van der Waals surface area (Å²) in [6.07, 6.45) is -0.387. The van der Waals surface area contributed by atoms with Crippen molar-refractivity contribution < 1.29 is 9.53 Å². The van der Waals surface area contributed by atoms with Gasteiger partial charge in [0.05, 0.1) is 6.04 Å². The Morgan fingerprint density at radius 3 is 2.53 bits per heavy atom. The molecule has 1 heterocycles. The van der Waals surface area contributed by atoms with E-state index >= 15 is 0 Å². The summed E-state index contributed by atoms with van der Waals surface area (Å²) in [4.78, 5) is 11.2. The molecule has 1 N–H and O–H groups in total. The molecule has 1 saturated heterocycles. The molecule has 3 nitrogen and oxygen atoms in total. The summed E-state index contributed by atoms with van der Waals surface area (Å²) in [6, 6.07) is 9.91. The molecule has 1 fully saturated rings. The molecule has 2 rings (SSSR count). The molecule has 2 unspecified atom stereocenters. The van der Waals surface area contributed by atoms with E-state index in [2.05, 4.69) is 19.2 Å². The molecule has 0 saturated carbocycles. The first kappa shape index (κ1) is 10.0. The van der Waals surface area contributed by atoms with Crippen LogP contribution < -0.4 is 5.32 Å². The van der Waals surface area contributed by atoms with Gasteiger partial charge in [0.15, 0.2) is 0 Å². The highest BCUT2D eigenvalue weighted by molar-refractivity contribution is 5.70. The van der Waals surface area contributed by atoms with Crippen molar-refractivity contribution in [3.05, 3.63) is 35.9 Å². The Kier molecular flexibility index (Phi) is 2.62. The van der Waals surface area contributed by atoms with Gasteiger partial charge in [0.1, 0.15) is 6.10 Å². The number of cyclic esters (lactones) is 1. The number of nitrogens with one attached hydrogen (secondary N) is 1. The van der Waals surface area contributed by atoms with Gasteiger partial charge in [0.25, 0.3) is 0 Å². The molecular formula is C12H15NO2. The molecule has 1 aromatic rings. The van der Waals surface area contributed by atoms with E-state index < -0.39 is 0 Å². The number of hydrogen-bond acceptors (Lipinski definition) is 2. The summed E-state index contributed by atoms with van der Waals surface area (Å²) in [5.74, 6) is 0.314. The quantitative estimate of drug-likeness (QED) is 0.805. The van der Waals surface area contributed by atoms with Crippen molar-refractivity contribution in [2.24, 2.45) is 5.92 Å². The number of ether oxygens (including phenoxy) is 1. The maximum Gasteiger partial charge on any atom is 0.408 e. The third-order valence-corrected chi connectivity index (χ3v) is 2.66. The van der Waals surface area contributed by atoms with Crippen LogP contribution in [0.3, 0.4) is 0 Å². The molecular weight excluding hydrogens is 190 g/mol. The highest BCUT2D eigenvalue weighted by atomic mass is 16.6. The van der Waals surface area contributed by atoms with Crippen LogP contribution in [-0.4, -0.2) is 12.2 Å². The van der Waals surface area contributed by atoms with Crippen LogP contribution in [0.25, 0.3) is 0 Å². The fraction of sp³-hybridized carbons (Fsp3) is 0.417. The van der Waals surface area contributed by atoms with Gasteiger partial charge in [-0.05, 0) is 11.5 Å². The predicted octanol–water partition coefficient (Wildman–Crippen LogP) is 2.49. The van der Waals surface area contributed by atoms with Gasteiger partial charge in [-0.1, -0.05) is 44.2 Å². The SMILES string of the molecule is CC(C)C1OC(=O)NC1c1ccccc1. The average Bonchev–Trinajstić information content (AvgIpc) is 2.62. The summed E-state index contributed by atoms with van der Waals surface area (Å²) in [5.41, 5.74) is 1.10. The van der Waals surface area contributed by atoms with Crippen LogP contribution in [0.4, 0.5) is 4.79 Å². The second kappa shape index (κ2) is 3.93. The van der Waals surface area contributed by atoms with E-state index in [4.69, 9.17) is 4.74 Å². The van der Waals surface area contributed by atoms with Crippen LogP contribution in [0, 0.1) is 5.92 Å². The van der Waals surface area contributed by atoms with Crippen molar-refractivity contribution in [1.29, 1.82) is 0 Å². The first-order valence-corrected chi connectivity index (χ1v) is 5.20. The zero-order valence-electron chi connectivity index (χ0n) is 8.94. The van der Waals surface area contributed by atoms with Crippen LogP contribution in [0.2, 0.25) is 0 Å². The van der Waals surface area contributed by atoms with Gasteiger partial charge in [-0.15, -0.1) is 0 Å². The van der Waals surface area contributed by atoms with Gasteiger partial charge in [0.2, 0.25) is 0 Å². The van der Waals surface area contributed by atoms with E-state index in [9.17, 15) is 4.79 Å². The van der Waals surface area contributed by atoms with Crippen LogP contribution in [0.15, 0.2) is 30.3 Å². The van der Waals surface area contributed by atoms with Gasteiger partial charge in [-0.25, -0.2) is 4.79 Å². The Bertz CT molecular complexity index is 348. The molecule has 0 aliphatic carbocycles. The second-order valence-electron chi connectivity index (χ2n) is 4.15. The molecule has 80 valence electrons. The minimum atomic E-state index is -0.317. The first-order valence-electron chi connectivity index (χ1n) is 5.20. The van der Waals surface area contributed by atoms with Crippen LogP contribution >= 0.6 is 0 Å². The van der Waals surface area contributed by atoms with Gasteiger partial charge >= 0.3 is 6.09 Å². The lowest BCUT2D eigenvalue weighted by atomic mass is 9.94. The van der Waals surface area contributed by atoms with Crippen molar-refractivity contribution in [1.82, 2.24) is 5.32 Å². The van der Waals surface area contributed by atoms with Crippen LogP contribution in [0.1, 0.15) is 25.5 Å². The smallest absolute Gasteiger partial charge is 0.408 e. The summed E-state index contributed by atoms with van der Waals surface area (Å²) in [5, 5.41) is 2.84. The van der Waals surface area contributed by atoms with Gasteiger partial charge in [0, 0.05) is 0 Å². The molecule has 3 heteroatoms. The molecule has 1 amide bonds. The minimum Gasteiger partial charge on any atom is -0.443 e. The molecule has 0 spiro atoms. The van der Waals surface area contributed by atoms with Gasteiger partial charge in [-0.3, -0.25) is 0 Å². The largest absolute Gasteiger partial charge is 0.443 e. The number of benzene rings is 1. The summed E-state index contributed by atoms with van der Waals surface area (Å²) in [6.45, 7) is 4.11. The molecule has 2 atom stereocenters. The maximum absolute atomic E-state index is 11.2. The minimum absolute atomic E-state index is 0.0151. The molecule has 0 aromatic heterocycles. The van der Waals surface area contributed by atoms with Crippen LogP contribution in [0.5, 0.6) is 0 Å². The number of rotatable bonds is 2. The highest BCUT2D eigenvalue weighted by Gasteiger charge is 2.36. The normalized spacial score (nSPS) is 25.1. The number of carbonyl (C=O) groups excluding carboxylic acids is 1. The standard InChI is InChI=1S/C12H15NO2/c1-8(2)11-10(13-12(14)15-11)9-6-4-3-5-7-9/h3-8,10-11H,1-2H3,(H,13,14). The molecule has 0 bridgehead atoms. The molecule has 0 radical (unpaired) electrons. The Hall–Kier alpha value is -1.51. The lowest BCUT2D eigenvalue weighted by Gasteiger charge is -2.20. The zero-order valence-corrected chi connectivity index (χ0v) is 8.94. The van der Waals surface area contributed by atoms with E-state index in [1.807, 2.05) is 30.3 Å². The third-order valence-electron chi connectivity index (χ3n) is 2.66. The van der Waals surface area contributed by atoms with Crippen molar-refractivity contribution >= 4 is 6.09 Å². The Labute approximate surface area is 89.4 Å². The van der Waals surface area contributed by atoms with Crippen molar-refractivity contribution in [3.8, 4) is 0 Å².